The number of nitrogens with one attached hydrogen (secondary N) is 2. The first-order chi connectivity index (χ1) is 11.0. The summed E-state index contributed by atoms with van der Waals surface area (Å²) in [6, 6.07) is 0. The second kappa shape index (κ2) is 10.1. The fraction of sp³-hybridized carbons (Fsp3) is 0.706. The molecule has 0 saturated heterocycles. The van der Waals surface area contributed by atoms with Crippen LogP contribution in [0.15, 0.2) is 12.7 Å². The van der Waals surface area contributed by atoms with Crippen molar-refractivity contribution in [1.29, 1.82) is 0 Å². The van der Waals surface area contributed by atoms with Gasteiger partial charge < -0.3 is 21.1 Å². The second-order valence-corrected chi connectivity index (χ2v) is 6.72. The normalized spacial score (nSPS) is 13.5. The Kier molecular flexibility index (Phi) is 9.28. The summed E-state index contributed by atoms with van der Waals surface area (Å²) in [4.78, 5) is 35.5. The molecule has 0 heterocycles. The summed E-state index contributed by atoms with van der Waals surface area (Å²) in [6.07, 6.45) is 3.42. The van der Waals surface area contributed by atoms with Gasteiger partial charge in [-0.3, -0.25) is 9.59 Å². The van der Waals surface area contributed by atoms with Crippen LogP contribution in [0.1, 0.15) is 59.8 Å². The van der Waals surface area contributed by atoms with E-state index in [-0.39, 0.29) is 18.7 Å². The minimum Gasteiger partial charge on any atom is -0.444 e. The molecule has 0 spiro atoms. The lowest BCUT2D eigenvalue weighted by Gasteiger charge is -2.29. The topological polar surface area (TPSA) is 111 Å². The van der Waals surface area contributed by atoms with Gasteiger partial charge >= 0.3 is 6.09 Å². The van der Waals surface area contributed by atoms with Crippen LogP contribution in [-0.2, 0) is 14.3 Å². The van der Waals surface area contributed by atoms with E-state index in [1.165, 1.54) is 0 Å². The molecule has 1 atom stereocenters. The Labute approximate surface area is 144 Å². The van der Waals surface area contributed by atoms with Crippen molar-refractivity contribution in [3.8, 4) is 0 Å². The molecule has 7 nitrogen and oxygen atoms in total. The smallest absolute Gasteiger partial charge is 0.407 e. The van der Waals surface area contributed by atoms with Crippen molar-refractivity contribution >= 4 is 17.8 Å². The zero-order valence-corrected chi connectivity index (χ0v) is 15.2. The van der Waals surface area contributed by atoms with Gasteiger partial charge in [0, 0.05) is 13.0 Å². The zero-order chi connectivity index (χ0) is 18.8. The average molecular weight is 341 g/mol. The standard InChI is InChI=1S/C17H31N3O4/c1-6-8-9-11-17(18,20-14(22)7-2)13(21)10-12-19-15(23)24-16(3,4)5/h7H,2,6,8-12,18H2,1,3-5H3,(H,19,23)(H,20,22). The molecule has 1 unspecified atom stereocenters. The monoisotopic (exact) mass is 341 g/mol. The van der Waals surface area contributed by atoms with E-state index in [0.717, 1.165) is 25.3 Å². The van der Waals surface area contributed by atoms with Crippen LogP contribution in [0.3, 0.4) is 0 Å². The summed E-state index contributed by atoms with van der Waals surface area (Å²) < 4.78 is 5.09. The van der Waals surface area contributed by atoms with Crippen molar-refractivity contribution in [2.24, 2.45) is 5.73 Å². The molecule has 7 heteroatoms. The van der Waals surface area contributed by atoms with Crippen LogP contribution in [0, 0.1) is 0 Å². The van der Waals surface area contributed by atoms with Crippen molar-refractivity contribution in [3.63, 3.8) is 0 Å². The maximum absolute atomic E-state index is 12.4. The number of ketones is 1. The van der Waals surface area contributed by atoms with Crippen molar-refractivity contribution < 1.29 is 19.1 Å². The molecule has 0 aliphatic carbocycles. The highest BCUT2D eigenvalue weighted by molar-refractivity contribution is 5.95. The molecule has 2 amide bonds. The molecule has 24 heavy (non-hydrogen) atoms. The Morgan fingerprint density at radius 2 is 1.83 bits per heavy atom. The Hall–Kier alpha value is -1.89. The Balaban J connectivity index is 4.61. The molecule has 0 aromatic heterocycles. The van der Waals surface area contributed by atoms with Crippen LogP contribution >= 0.6 is 0 Å². The van der Waals surface area contributed by atoms with E-state index in [4.69, 9.17) is 10.5 Å². The van der Waals surface area contributed by atoms with Gasteiger partial charge in [-0.1, -0.05) is 26.3 Å². The van der Waals surface area contributed by atoms with Gasteiger partial charge in [-0.05, 0) is 39.7 Å². The van der Waals surface area contributed by atoms with Crippen molar-refractivity contribution in [2.75, 3.05) is 6.54 Å². The predicted octanol–water partition coefficient (Wildman–Crippen LogP) is 2.01. The predicted molar refractivity (Wildman–Crippen MR) is 93.3 cm³/mol. The molecule has 0 aromatic carbocycles. The number of hydrogen-bond donors (Lipinski definition) is 3. The summed E-state index contributed by atoms with van der Waals surface area (Å²) in [5.41, 5.74) is 4.05. The van der Waals surface area contributed by atoms with Gasteiger partial charge in [0.05, 0.1) is 0 Å². The van der Waals surface area contributed by atoms with Crippen LogP contribution in [0.25, 0.3) is 0 Å². The molecule has 138 valence electrons. The molecule has 4 N–H and O–H groups in total. The first-order valence-electron chi connectivity index (χ1n) is 8.27. The third kappa shape index (κ3) is 9.29. The Morgan fingerprint density at radius 1 is 1.21 bits per heavy atom. The van der Waals surface area contributed by atoms with Gasteiger partial charge in [0.15, 0.2) is 5.78 Å². The summed E-state index contributed by atoms with van der Waals surface area (Å²) in [5.74, 6) is -0.840. The SMILES string of the molecule is C=CC(=O)NC(N)(CCCCC)C(=O)CCNC(=O)OC(C)(C)C. The fourth-order valence-electron chi connectivity index (χ4n) is 2.01. The van der Waals surface area contributed by atoms with Crippen molar-refractivity contribution in [3.05, 3.63) is 12.7 Å². The summed E-state index contributed by atoms with van der Waals surface area (Å²) in [7, 11) is 0. The van der Waals surface area contributed by atoms with E-state index in [2.05, 4.69) is 17.2 Å². The minimum atomic E-state index is -1.45. The lowest BCUT2D eigenvalue weighted by molar-refractivity contribution is -0.130. The molecular formula is C17H31N3O4. The summed E-state index contributed by atoms with van der Waals surface area (Å²) in [5, 5.41) is 5.01. The second-order valence-electron chi connectivity index (χ2n) is 6.72. The molecular weight excluding hydrogens is 310 g/mol. The molecule has 0 saturated carbocycles. The van der Waals surface area contributed by atoms with E-state index < -0.39 is 23.3 Å². The van der Waals surface area contributed by atoms with Gasteiger partial charge in [0.1, 0.15) is 11.3 Å². The number of Topliss-reactive ketones (excluding diaryl/α,β-unsaturated/α-hetero) is 1. The summed E-state index contributed by atoms with van der Waals surface area (Å²) in [6.45, 7) is 10.7. The average Bonchev–Trinajstić information content (AvgIpc) is 2.45. The van der Waals surface area contributed by atoms with Gasteiger partial charge in [-0.25, -0.2) is 4.79 Å². The van der Waals surface area contributed by atoms with Crippen LogP contribution < -0.4 is 16.4 Å². The van der Waals surface area contributed by atoms with Crippen LogP contribution in [0.4, 0.5) is 4.79 Å². The van der Waals surface area contributed by atoms with E-state index in [9.17, 15) is 14.4 Å². The number of alkyl carbamates (subject to hydrolysis) is 1. The first-order valence-corrected chi connectivity index (χ1v) is 8.27. The molecule has 0 aliphatic heterocycles. The largest absolute Gasteiger partial charge is 0.444 e. The molecule has 0 fully saturated rings. The Morgan fingerprint density at radius 3 is 2.33 bits per heavy atom. The van der Waals surface area contributed by atoms with Gasteiger partial charge in [-0.2, -0.15) is 0 Å². The van der Waals surface area contributed by atoms with Crippen LogP contribution in [-0.4, -0.2) is 35.6 Å². The van der Waals surface area contributed by atoms with E-state index >= 15 is 0 Å². The first kappa shape index (κ1) is 22.1. The molecule has 0 aliphatic rings. The third-order valence-corrected chi connectivity index (χ3v) is 3.22. The minimum absolute atomic E-state index is 0.000704. The maximum atomic E-state index is 12.4. The van der Waals surface area contributed by atoms with E-state index in [1.807, 2.05) is 6.92 Å². The van der Waals surface area contributed by atoms with Crippen LogP contribution in [0.5, 0.6) is 0 Å². The molecule has 0 radical (unpaired) electrons. The number of nitrogens with two attached hydrogens (primary N) is 1. The molecule has 0 aromatic rings. The van der Waals surface area contributed by atoms with Gasteiger partial charge in [0.25, 0.3) is 0 Å². The number of rotatable bonds is 10. The zero-order valence-electron chi connectivity index (χ0n) is 15.2. The third-order valence-electron chi connectivity index (χ3n) is 3.22. The number of ether oxygens (including phenoxy) is 1. The number of carbonyl (C=O) groups is 3. The highest BCUT2D eigenvalue weighted by Crippen LogP contribution is 2.13. The maximum Gasteiger partial charge on any atom is 0.407 e. The van der Waals surface area contributed by atoms with Crippen LogP contribution in [0.2, 0.25) is 0 Å². The number of unbranched alkanes of at least 4 members (excludes halogenated alkanes) is 2. The van der Waals surface area contributed by atoms with E-state index in [0.29, 0.717) is 6.42 Å². The number of carbonyl (C=O) groups excluding carboxylic acids is 3. The molecule has 0 rings (SSSR count). The van der Waals surface area contributed by atoms with Gasteiger partial charge in [0.2, 0.25) is 5.91 Å². The lowest BCUT2D eigenvalue weighted by Crippen LogP contribution is -2.61. The Bertz CT molecular complexity index is 457. The van der Waals surface area contributed by atoms with Crippen molar-refractivity contribution in [2.45, 2.75) is 71.1 Å². The van der Waals surface area contributed by atoms with E-state index in [1.54, 1.807) is 20.8 Å². The number of amides is 2. The fourth-order valence-corrected chi connectivity index (χ4v) is 2.01. The van der Waals surface area contributed by atoms with Crippen molar-refractivity contribution in [1.82, 2.24) is 10.6 Å². The number of hydrogen-bond acceptors (Lipinski definition) is 5. The lowest BCUT2D eigenvalue weighted by atomic mass is 9.95. The highest BCUT2D eigenvalue weighted by Gasteiger charge is 2.33. The molecule has 0 bridgehead atoms. The van der Waals surface area contributed by atoms with Gasteiger partial charge in [-0.15, -0.1) is 0 Å². The summed E-state index contributed by atoms with van der Waals surface area (Å²) >= 11 is 0. The highest BCUT2D eigenvalue weighted by atomic mass is 16.6. The quantitative estimate of drug-likeness (QED) is 0.320.